The summed E-state index contributed by atoms with van der Waals surface area (Å²) in [7, 11) is 0. The van der Waals surface area contributed by atoms with Crippen LogP contribution in [0.4, 0.5) is 0 Å². The molecular formula is C54H54Te6+2. The molecule has 0 aliphatic carbocycles. The van der Waals surface area contributed by atoms with E-state index in [1.54, 1.807) is 32.5 Å². The number of hydrogen-bond donors (Lipinski definition) is 0. The molecule has 0 N–H and O–H groups in total. The summed E-state index contributed by atoms with van der Waals surface area (Å²) in [6.07, 6.45) is 6.48. The predicted molar refractivity (Wildman–Crippen MR) is 271 cm³/mol. The second-order valence-corrected chi connectivity index (χ2v) is 33.8. The molecule has 0 fully saturated rings. The van der Waals surface area contributed by atoms with Crippen molar-refractivity contribution in [1.29, 1.82) is 0 Å². The summed E-state index contributed by atoms with van der Waals surface area (Å²) in [6, 6.07) is 59.3. The van der Waals surface area contributed by atoms with Crippen LogP contribution in [-0.2, 0) is 38.5 Å². The van der Waals surface area contributed by atoms with E-state index in [2.05, 4.69) is 209 Å². The van der Waals surface area contributed by atoms with E-state index in [-0.39, 0.29) is 0 Å². The zero-order valence-corrected chi connectivity index (χ0v) is 49.5. The van der Waals surface area contributed by atoms with Crippen molar-refractivity contribution in [3.8, 4) is 0 Å². The van der Waals surface area contributed by atoms with Crippen LogP contribution in [0.1, 0.15) is 74.9 Å². The Morgan fingerprint density at radius 2 is 0.567 bits per heavy atom. The molecule has 7 rings (SSSR count). The summed E-state index contributed by atoms with van der Waals surface area (Å²) >= 11 is -2.77. The Kier molecular flexibility index (Phi) is 18.5. The Morgan fingerprint density at radius 1 is 0.317 bits per heavy atom. The molecule has 0 atom stereocenters. The summed E-state index contributed by atoms with van der Waals surface area (Å²) in [5.74, 6) is 0. The van der Waals surface area contributed by atoms with Crippen LogP contribution in [0.3, 0.4) is 0 Å². The average Bonchev–Trinajstić information content (AvgIpc) is 3.31. The molecule has 0 amide bonds. The zero-order valence-electron chi connectivity index (χ0n) is 35.5. The summed E-state index contributed by atoms with van der Waals surface area (Å²) in [5.41, 5.74) is 8.62. The fourth-order valence-electron chi connectivity index (χ4n) is 6.91. The van der Waals surface area contributed by atoms with Gasteiger partial charge in [-0.1, -0.05) is 0 Å². The predicted octanol–water partition coefficient (Wildman–Crippen LogP) is 2.99. The first-order chi connectivity index (χ1) is 29.3. The molecule has 0 saturated heterocycles. The first-order valence-corrected chi connectivity index (χ1v) is 35.2. The summed E-state index contributed by atoms with van der Waals surface area (Å²) in [6.45, 7) is 13.7. The first kappa shape index (κ1) is 47.2. The van der Waals surface area contributed by atoms with Gasteiger partial charge in [-0.25, -0.2) is 0 Å². The third kappa shape index (κ3) is 11.9. The van der Waals surface area contributed by atoms with Crippen molar-refractivity contribution in [2.75, 3.05) is 0 Å². The molecule has 0 bridgehead atoms. The van der Waals surface area contributed by atoms with Crippen LogP contribution in [0.15, 0.2) is 146 Å². The molecule has 0 aliphatic rings. The molecule has 2 radical (unpaired) electrons. The van der Waals surface area contributed by atoms with Gasteiger partial charge < -0.3 is 0 Å². The van der Waals surface area contributed by atoms with Crippen molar-refractivity contribution in [3.63, 3.8) is 0 Å². The Bertz CT molecular complexity index is 2360. The molecule has 0 unspecified atom stereocenters. The van der Waals surface area contributed by atoms with Gasteiger partial charge in [-0.3, -0.25) is 0 Å². The second kappa shape index (κ2) is 23.5. The van der Waals surface area contributed by atoms with Crippen molar-refractivity contribution in [2.45, 2.75) is 80.1 Å². The van der Waals surface area contributed by atoms with Crippen LogP contribution in [0.2, 0.25) is 0 Å². The quantitative estimate of drug-likeness (QED) is 0.123. The van der Waals surface area contributed by atoms with Gasteiger partial charge in [0.05, 0.1) is 0 Å². The first-order valence-electron chi connectivity index (χ1n) is 21.2. The Morgan fingerprint density at radius 3 is 0.867 bits per heavy atom. The summed E-state index contributed by atoms with van der Waals surface area (Å²) < 4.78 is 20.2. The molecule has 0 saturated carbocycles. The molecule has 7 aromatic rings. The Balaban J connectivity index is 1.59. The SMILES string of the molecule is CCc1ccc([Te]c2c([Te+])c([Te]c3ccc(CC)cc3)c([Te+](c3ccc(CC)cc3)c3ccc(CC)cc3)c([Te]c3ccc(CC)cc3)c2[Te]c2ccc(CC)cc2)cc1. The molecule has 60 heavy (non-hydrogen) atoms. The average molecular weight is 1470 g/mol. The maximum atomic E-state index is 2.55. The van der Waals surface area contributed by atoms with Crippen LogP contribution in [-0.4, -0.2) is 126 Å². The van der Waals surface area contributed by atoms with Crippen molar-refractivity contribution in [1.82, 2.24) is 0 Å². The van der Waals surface area contributed by atoms with Gasteiger partial charge in [0.1, 0.15) is 0 Å². The fourth-order valence-corrected chi connectivity index (χ4v) is 37.2. The van der Waals surface area contributed by atoms with E-state index < -0.39 is 103 Å². The van der Waals surface area contributed by atoms with Crippen molar-refractivity contribution in [3.05, 3.63) is 179 Å². The standard InChI is InChI=1S/C54H54Te6/c1-7-37-13-25-43(26-14-37)56-50-49(55)51(57-44-27-15-38(8-2)16-28-44)54(60(47-33-21-41(11-5)22-34-47)48-35-23-42(12-6)24-36-48)53(59-46-31-19-40(10-4)20-32-46)52(50)58-45-29-17-39(9-3)18-30-45/h13-36H,7-12H2,1-6H3/q+2. The van der Waals surface area contributed by atoms with Gasteiger partial charge in [-0.15, -0.1) is 0 Å². The monoisotopic (exact) mass is 1480 g/mol. The normalized spacial score (nSPS) is 11.4. The Hall–Kier alpha value is -0.722. The third-order valence-electron chi connectivity index (χ3n) is 10.8. The fraction of sp³-hybridized carbons (Fsp3) is 0.222. The number of rotatable bonds is 17. The van der Waals surface area contributed by atoms with E-state index in [4.69, 9.17) is 0 Å². The molecule has 0 spiro atoms. The molecule has 0 aliphatic heterocycles. The molecule has 0 aromatic heterocycles. The van der Waals surface area contributed by atoms with Crippen LogP contribution < -0.4 is 43.3 Å². The number of aryl methyl sites for hydroxylation is 6. The molecular weight excluding hydrogens is 1410 g/mol. The molecule has 304 valence electrons. The molecule has 6 heteroatoms. The van der Waals surface area contributed by atoms with Crippen LogP contribution in [0, 0.1) is 0 Å². The summed E-state index contributed by atoms with van der Waals surface area (Å²) in [5, 5.41) is 0. The van der Waals surface area contributed by atoms with Crippen LogP contribution in [0.25, 0.3) is 0 Å². The number of benzene rings is 7. The van der Waals surface area contributed by atoms with Gasteiger partial charge in [0.25, 0.3) is 0 Å². The molecule has 0 heterocycles. The van der Waals surface area contributed by atoms with E-state index >= 15 is 0 Å². The van der Waals surface area contributed by atoms with E-state index in [1.807, 2.05) is 10.8 Å². The van der Waals surface area contributed by atoms with Gasteiger partial charge >= 0.3 is 428 Å². The van der Waals surface area contributed by atoms with Gasteiger partial charge in [-0.05, 0) is 0 Å². The Labute approximate surface area is 421 Å². The van der Waals surface area contributed by atoms with Crippen molar-refractivity contribution >= 4 is 169 Å². The molecule has 0 nitrogen and oxygen atoms in total. The van der Waals surface area contributed by atoms with Crippen molar-refractivity contribution < 1.29 is 0 Å². The van der Waals surface area contributed by atoms with Crippen LogP contribution >= 0.6 is 0 Å². The zero-order chi connectivity index (χ0) is 42.0. The van der Waals surface area contributed by atoms with E-state index in [1.165, 1.54) is 33.4 Å². The van der Waals surface area contributed by atoms with E-state index in [9.17, 15) is 0 Å². The molecule has 7 aromatic carbocycles. The second-order valence-electron chi connectivity index (χ2n) is 14.7. The van der Waals surface area contributed by atoms with Gasteiger partial charge in [0, 0.05) is 0 Å². The van der Waals surface area contributed by atoms with Gasteiger partial charge in [0.15, 0.2) is 0 Å². The maximum absolute atomic E-state index is 2.55. The minimum atomic E-state index is -2.43. The van der Waals surface area contributed by atoms with Crippen molar-refractivity contribution in [2.24, 2.45) is 0 Å². The number of hydrogen-bond acceptors (Lipinski definition) is 0. The minimum absolute atomic E-state index is 0.659. The van der Waals surface area contributed by atoms with Gasteiger partial charge in [0.2, 0.25) is 0 Å². The van der Waals surface area contributed by atoms with Crippen LogP contribution in [0.5, 0.6) is 0 Å². The van der Waals surface area contributed by atoms with Gasteiger partial charge in [-0.2, -0.15) is 0 Å². The van der Waals surface area contributed by atoms with E-state index in [0.717, 1.165) is 38.5 Å². The topological polar surface area (TPSA) is 0 Å². The van der Waals surface area contributed by atoms with E-state index in [0.29, 0.717) is 0 Å². The summed E-state index contributed by atoms with van der Waals surface area (Å²) in [4.78, 5) is 0. The third-order valence-corrected chi connectivity index (χ3v) is 38.8.